The van der Waals surface area contributed by atoms with Gasteiger partial charge in [-0.15, -0.1) is 0 Å². The number of nitrogens with one attached hydrogen (secondary N) is 4. The zero-order chi connectivity index (χ0) is 32.9. The summed E-state index contributed by atoms with van der Waals surface area (Å²) in [7, 11) is 0. The number of rotatable bonds is 12. The summed E-state index contributed by atoms with van der Waals surface area (Å²) in [4.78, 5) is 56.6. The molecule has 242 valence electrons. The van der Waals surface area contributed by atoms with Crippen LogP contribution in [0.2, 0.25) is 10.0 Å². The monoisotopic (exact) mass is 658 g/mol. The molecule has 1 aromatic heterocycles. The third-order valence-corrected chi connectivity index (χ3v) is 9.36. The van der Waals surface area contributed by atoms with E-state index in [0.29, 0.717) is 40.2 Å². The van der Waals surface area contributed by atoms with Gasteiger partial charge >= 0.3 is 12.1 Å². The summed E-state index contributed by atoms with van der Waals surface area (Å²) in [5.41, 5.74) is 1.53. The van der Waals surface area contributed by atoms with Crippen LogP contribution in [0.25, 0.3) is 10.9 Å². The highest BCUT2D eigenvalue weighted by atomic mass is 35.5. The van der Waals surface area contributed by atoms with E-state index in [2.05, 4.69) is 20.9 Å². The van der Waals surface area contributed by atoms with Crippen LogP contribution >= 0.6 is 23.2 Å². The van der Waals surface area contributed by atoms with Gasteiger partial charge in [0.25, 0.3) is 0 Å². The molecule has 0 saturated carbocycles. The maximum Gasteiger partial charge on any atom is 0.408 e. The second kappa shape index (κ2) is 14.6. The normalized spacial score (nSPS) is 18.6. The van der Waals surface area contributed by atoms with Crippen molar-refractivity contribution in [2.75, 3.05) is 0 Å². The van der Waals surface area contributed by atoms with Gasteiger partial charge in [0.15, 0.2) is 0 Å². The molecule has 2 aromatic carbocycles. The van der Waals surface area contributed by atoms with Gasteiger partial charge in [0, 0.05) is 22.5 Å². The number of halogens is 2. The highest BCUT2D eigenvalue weighted by Crippen LogP contribution is 2.38. The van der Waals surface area contributed by atoms with Gasteiger partial charge in [0.1, 0.15) is 24.2 Å². The van der Waals surface area contributed by atoms with Crippen LogP contribution in [-0.4, -0.2) is 51.6 Å². The van der Waals surface area contributed by atoms with Gasteiger partial charge in [-0.25, -0.2) is 9.59 Å². The maximum absolute atomic E-state index is 14.2. The second-order valence-corrected chi connectivity index (χ2v) is 12.7. The van der Waals surface area contributed by atoms with Crippen molar-refractivity contribution in [1.29, 1.82) is 0 Å². The number of H-pyrrole nitrogens is 1. The molecule has 0 unspecified atom stereocenters. The first-order chi connectivity index (χ1) is 21.4. The molecule has 5 atom stereocenters. The molecular formula is C33H40Cl2N4O6. The molecule has 1 heterocycles. The number of carbonyl (C=O) groups excluding carboxylic acids is 3. The van der Waals surface area contributed by atoms with E-state index in [1.807, 2.05) is 51.1 Å². The Morgan fingerprint density at radius 2 is 1.67 bits per heavy atom. The van der Waals surface area contributed by atoms with Gasteiger partial charge < -0.3 is 30.8 Å². The minimum atomic E-state index is -1.53. The topological polar surface area (TPSA) is 150 Å². The van der Waals surface area contributed by atoms with E-state index in [0.717, 1.165) is 16.8 Å². The van der Waals surface area contributed by atoms with E-state index in [4.69, 9.17) is 27.9 Å². The summed E-state index contributed by atoms with van der Waals surface area (Å²) in [5, 5.41) is 19.8. The summed E-state index contributed by atoms with van der Waals surface area (Å²) in [6, 6.07) is 10.3. The molecule has 3 amide bonds. The van der Waals surface area contributed by atoms with E-state index in [1.165, 1.54) is 0 Å². The molecule has 1 aliphatic rings. The molecule has 0 bridgehead atoms. The number of fused-ring (bicyclic) bond motifs is 3. The molecule has 0 saturated heterocycles. The predicted octanol–water partition coefficient (Wildman–Crippen LogP) is 5.78. The lowest BCUT2D eigenvalue weighted by Crippen LogP contribution is -2.66. The SMILES string of the molecule is CC[C@H](C)[C@H](NC(=O)[C@@]1(NC(=O)[C@@H](NC(=O)OCc2ccccc2)[C@@H](C)CC)CCc2[nH]c3c(Cl)cc(Cl)cc3c2C1)C(=O)O. The molecule has 5 N–H and O–H groups in total. The van der Waals surface area contributed by atoms with Crippen LogP contribution < -0.4 is 16.0 Å². The predicted molar refractivity (Wildman–Crippen MR) is 173 cm³/mol. The maximum atomic E-state index is 14.2. The molecule has 1 aliphatic carbocycles. The highest BCUT2D eigenvalue weighted by Gasteiger charge is 2.47. The Bertz CT molecular complexity index is 1560. The van der Waals surface area contributed by atoms with Gasteiger partial charge in [-0.2, -0.15) is 0 Å². The summed E-state index contributed by atoms with van der Waals surface area (Å²) >= 11 is 12.8. The van der Waals surface area contributed by atoms with Crippen molar-refractivity contribution < 1.29 is 29.0 Å². The number of benzene rings is 2. The van der Waals surface area contributed by atoms with Crippen molar-refractivity contribution in [3.05, 3.63) is 69.3 Å². The number of hydrogen-bond donors (Lipinski definition) is 5. The first-order valence-electron chi connectivity index (χ1n) is 15.2. The summed E-state index contributed by atoms with van der Waals surface area (Å²) in [6.45, 7) is 7.32. The molecule has 0 radical (unpaired) electrons. The number of hydrogen-bond acceptors (Lipinski definition) is 5. The van der Waals surface area contributed by atoms with Crippen molar-refractivity contribution in [2.24, 2.45) is 11.8 Å². The van der Waals surface area contributed by atoms with E-state index < -0.39 is 41.5 Å². The number of amides is 3. The molecule has 0 aliphatic heterocycles. The van der Waals surface area contributed by atoms with Gasteiger partial charge in [-0.1, -0.05) is 94.1 Å². The van der Waals surface area contributed by atoms with Crippen molar-refractivity contribution >= 4 is 58.0 Å². The van der Waals surface area contributed by atoms with Crippen LogP contribution in [0, 0.1) is 11.8 Å². The highest BCUT2D eigenvalue weighted by molar-refractivity contribution is 6.38. The summed E-state index contributed by atoms with van der Waals surface area (Å²) in [6.07, 6.45) is 0.893. The number of ether oxygens (including phenoxy) is 1. The molecule has 0 spiro atoms. The average Bonchev–Trinajstić information content (AvgIpc) is 3.38. The zero-order valence-corrected chi connectivity index (χ0v) is 27.3. The molecule has 12 heteroatoms. The number of carboxylic acid groups (broad SMARTS) is 1. The Morgan fingerprint density at radius 3 is 2.31 bits per heavy atom. The molecule has 0 fully saturated rings. The number of aryl methyl sites for hydroxylation is 1. The summed E-state index contributed by atoms with van der Waals surface area (Å²) < 4.78 is 5.39. The first kappa shape index (κ1) is 34.1. The van der Waals surface area contributed by atoms with Crippen LogP contribution in [0.4, 0.5) is 4.79 Å². The van der Waals surface area contributed by atoms with Gasteiger partial charge in [-0.05, 0) is 47.9 Å². The van der Waals surface area contributed by atoms with Crippen LogP contribution in [0.3, 0.4) is 0 Å². The Balaban J connectivity index is 1.66. The fourth-order valence-electron chi connectivity index (χ4n) is 5.70. The molecule has 3 aromatic rings. The van der Waals surface area contributed by atoms with Crippen molar-refractivity contribution in [3.8, 4) is 0 Å². The van der Waals surface area contributed by atoms with Crippen LogP contribution in [0.1, 0.15) is 63.8 Å². The van der Waals surface area contributed by atoms with Crippen molar-refractivity contribution in [3.63, 3.8) is 0 Å². The quantitative estimate of drug-likeness (QED) is 0.167. The number of alkyl carbamates (subject to hydrolysis) is 1. The van der Waals surface area contributed by atoms with E-state index in [1.54, 1.807) is 19.1 Å². The van der Waals surface area contributed by atoms with E-state index >= 15 is 0 Å². The third kappa shape index (κ3) is 7.73. The Kier molecular flexibility index (Phi) is 11.0. The number of aromatic amines is 1. The summed E-state index contributed by atoms with van der Waals surface area (Å²) in [5.74, 6) is -3.04. The Hall–Kier alpha value is -3.76. The Labute approximate surface area is 272 Å². The number of carbonyl (C=O) groups is 4. The third-order valence-electron chi connectivity index (χ3n) is 8.84. The Morgan fingerprint density at radius 1 is 1.00 bits per heavy atom. The van der Waals surface area contributed by atoms with E-state index in [9.17, 15) is 24.3 Å². The van der Waals surface area contributed by atoms with Gasteiger partial charge in [0.2, 0.25) is 11.8 Å². The standard InChI is InChI=1S/C33H40Cl2N4O6/c1-5-18(3)26(38-32(44)45-17-20-10-8-7-9-11-20)29(40)39-33(31(43)37-27(30(41)42)19(4)6-2)13-12-25-23(16-33)22-14-21(34)15-24(35)28(22)36-25/h7-11,14-15,18-19,26-27,36H,5-6,12-13,16-17H2,1-4H3,(H,37,43)(H,38,44)(H,39,40)(H,41,42)/t18-,19-,26-,27-,33+/m0/s1. The molecular weight excluding hydrogens is 619 g/mol. The van der Waals surface area contributed by atoms with Gasteiger partial charge in [-0.3, -0.25) is 9.59 Å². The second-order valence-electron chi connectivity index (χ2n) is 11.9. The largest absolute Gasteiger partial charge is 0.480 e. The lowest BCUT2D eigenvalue weighted by molar-refractivity contribution is -0.145. The van der Waals surface area contributed by atoms with Crippen molar-refractivity contribution in [1.82, 2.24) is 20.9 Å². The average molecular weight is 660 g/mol. The van der Waals surface area contributed by atoms with E-state index in [-0.39, 0.29) is 31.3 Å². The number of aliphatic carboxylic acids is 1. The van der Waals surface area contributed by atoms with Crippen LogP contribution in [0.15, 0.2) is 42.5 Å². The first-order valence-corrected chi connectivity index (χ1v) is 16.0. The lowest BCUT2D eigenvalue weighted by atomic mass is 9.78. The smallest absolute Gasteiger partial charge is 0.408 e. The fraction of sp³-hybridized carbons (Fsp3) is 0.455. The molecule has 10 nitrogen and oxygen atoms in total. The molecule has 4 rings (SSSR count). The minimum absolute atomic E-state index is 0.0223. The van der Waals surface area contributed by atoms with Gasteiger partial charge in [0.05, 0.1) is 10.5 Å². The van der Waals surface area contributed by atoms with Crippen molar-refractivity contribution in [2.45, 2.75) is 84.0 Å². The number of carboxylic acids is 1. The van der Waals surface area contributed by atoms with Crippen LogP contribution in [-0.2, 0) is 38.6 Å². The fourth-order valence-corrected chi connectivity index (χ4v) is 6.24. The van der Waals surface area contributed by atoms with Crippen LogP contribution in [0.5, 0.6) is 0 Å². The molecule has 45 heavy (non-hydrogen) atoms. The number of aromatic nitrogens is 1. The minimum Gasteiger partial charge on any atom is -0.480 e. The lowest BCUT2D eigenvalue weighted by Gasteiger charge is -2.39. The zero-order valence-electron chi connectivity index (χ0n) is 25.8.